The number of rotatable bonds is 3. The van der Waals surface area contributed by atoms with Crippen molar-refractivity contribution in [1.29, 1.82) is 0 Å². The summed E-state index contributed by atoms with van der Waals surface area (Å²) in [5, 5.41) is 11.9. The molecule has 0 atom stereocenters. The predicted octanol–water partition coefficient (Wildman–Crippen LogP) is 3.91. The van der Waals surface area contributed by atoms with Gasteiger partial charge in [0.05, 0.1) is 11.3 Å². The van der Waals surface area contributed by atoms with Gasteiger partial charge in [-0.05, 0) is 20.8 Å². The van der Waals surface area contributed by atoms with Crippen LogP contribution < -0.4 is 4.90 Å². The number of aryl methyl sites for hydroxylation is 1. The van der Waals surface area contributed by atoms with Gasteiger partial charge in [-0.25, -0.2) is 14.8 Å². The average Bonchev–Trinajstić information content (AvgIpc) is 3.00. The van der Waals surface area contributed by atoms with Crippen molar-refractivity contribution in [2.24, 2.45) is 7.05 Å². The van der Waals surface area contributed by atoms with E-state index in [2.05, 4.69) is 9.97 Å². The number of carbonyl (C=O) groups excluding carboxylic acids is 1. The quantitative estimate of drug-likeness (QED) is 0.502. The summed E-state index contributed by atoms with van der Waals surface area (Å²) in [5.41, 5.74) is 0.398. The highest BCUT2D eigenvalue weighted by Gasteiger charge is 2.31. The Morgan fingerprint density at radius 2 is 1.89 bits per heavy atom. The zero-order chi connectivity index (χ0) is 20.6. The molecule has 9 heteroatoms. The second-order valence-corrected chi connectivity index (χ2v) is 7.35. The van der Waals surface area contributed by atoms with Gasteiger partial charge in [-0.3, -0.25) is 15.0 Å². The van der Waals surface area contributed by atoms with Gasteiger partial charge in [0.15, 0.2) is 17.0 Å². The molecule has 0 bridgehead atoms. The minimum atomic E-state index is -0.697. The Hall–Kier alpha value is -3.49. The summed E-state index contributed by atoms with van der Waals surface area (Å²) in [6.07, 6.45) is 0.834. The molecule has 1 aromatic carbocycles. The molecule has 0 saturated heterocycles. The van der Waals surface area contributed by atoms with E-state index in [9.17, 15) is 14.9 Å². The van der Waals surface area contributed by atoms with E-state index in [-0.39, 0.29) is 28.2 Å². The van der Waals surface area contributed by atoms with E-state index in [4.69, 9.17) is 4.74 Å². The molecule has 1 amide bonds. The summed E-state index contributed by atoms with van der Waals surface area (Å²) < 4.78 is 6.96. The van der Waals surface area contributed by atoms with Crippen molar-refractivity contribution in [2.75, 3.05) is 11.9 Å². The SMILES string of the molecule is CN(C(=O)OC(C)(C)C)c1nc(-c2ccccc2)c([N+](=O)[O-])c2c1ncn2C. The van der Waals surface area contributed by atoms with Gasteiger partial charge in [0.2, 0.25) is 0 Å². The van der Waals surface area contributed by atoms with Crippen molar-refractivity contribution >= 4 is 28.6 Å². The Kier molecular flexibility index (Phi) is 4.76. The van der Waals surface area contributed by atoms with Gasteiger partial charge in [-0.15, -0.1) is 0 Å². The van der Waals surface area contributed by atoms with E-state index in [0.717, 1.165) is 0 Å². The van der Waals surface area contributed by atoms with E-state index in [1.54, 1.807) is 56.7 Å². The number of nitrogens with zero attached hydrogens (tertiary/aromatic N) is 5. The van der Waals surface area contributed by atoms with E-state index >= 15 is 0 Å². The van der Waals surface area contributed by atoms with Crippen LogP contribution in [0, 0.1) is 10.1 Å². The lowest BCUT2D eigenvalue weighted by atomic mass is 10.1. The highest BCUT2D eigenvalue weighted by atomic mass is 16.6. The number of nitro groups is 1. The van der Waals surface area contributed by atoms with Crippen LogP contribution in [0.2, 0.25) is 0 Å². The van der Waals surface area contributed by atoms with Crippen LogP contribution in [0.4, 0.5) is 16.3 Å². The Morgan fingerprint density at radius 3 is 2.46 bits per heavy atom. The van der Waals surface area contributed by atoms with Crippen LogP contribution in [0.25, 0.3) is 22.3 Å². The molecule has 0 aliphatic carbocycles. The lowest BCUT2D eigenvalue weighted by Gasteiger charge is -2.24. The molecule has 3 rings (SSSR count). The number of hydrogen-bond acceptors (Lipinski definition) is 6. The summed E-state index contributed by atoms with van der Waals surface area (Å²) in [7, 11) is 3.17. The van der Waals surface area contributed by atoms with E-state index < -0.39 is 16.6 Å². The molecule has 146 valence electrons. The van der Waals surface area contributed by atoms with Crippen LogP contribution in [-0.4, -0.2) is 38.2 Å². The zero-order valence-electron chi connectivity index (χ0n) is 16.3. The second-order valence-electron chi connectivity index (χ2n) is 7.35. The molecular weight excluding hydrogens is 362 g/mol. The Morgan fingerprint density at radius 1 is 1.25 bits per heavy atom. The summed E-state index contributed by atoms with van der Waals surface area (Å²) in [6.45, 7) is 5.27. The van der Waals surface area contributed by atoms with Crippen LogP contribution in [0.1, 0.15) is 20.8 Å². The molecule has 0 fully saturated rings. The van der Waals surface area contributed by atoms with Gasteiger partial charge in [0.25, 0.3) is 0 Å². The van der Waals surface area contributed by atoms with Crippen molar-refractivity contribution < 1.29 is 14.5 Å². The minimum Gasteiger partial charge on any atom is -0.443 e. The van der Waals surface area contributed by atoms with Gasteiger partial charge in [0, 0.05) is 19.7 Å². The van der Waals surface area contributed by atoms with E-state index in [0.29, 0.717) is 5.56 Å². The van der Waals surface area contributed by atoms with Crippen molar-refractivity contribution in [3.8, 4) is 11.3 Å². The predicted molar refractivity (Wildman–Crippen MR) is 105 cm³/mol. The Labute approximate surface area is 161 Å². The number of amides is 1. The standard InChI is InChI=1S/C19H21N5O4/c1-19(2,3)28-18(25)23(5)17-14-15(22(4)11-20-14)16(24(26)27)13(21-17)12-9-7-6-8-10-12/h6-11H,1-5H3. The fourth-order valence-corrected chi connectivity index (χ4v) is 2.82. The zero-order valence-corrected chi connectivity index (χ0v) is 16.3. The minimum absolute atomic E-state index is 0.159. The Balaban J connectivity index is 2.29. The molecule has 0 spiro atoms. The molecule has 3 aromatic rings. The molecular formula is C19H21N5O4. The number of benzene rings is 1. The van der Waals surface area contributed by atoms with Crippen molar-refractivity contribution in [2.45, 2.75) is 26.4 Å². The molecule has 0 aliphatic heterocycles. The lowest BCUT2D eigenvalue weighted by Crippen LogP contribution is -2.34. The largest absolute Gasteiger partial charge is 0.443 e. The number of aromatic nitrogens is 3. The maximum absolute atomic E-state index is 12.6. The highest BCUT2D eigenvalue weighted by Crippen LogP contribution is 2.38. The van der Waals surface area contributed by atoms with Gasteiger partial charge >= 0.3 is 11.8 Å². The number of pyridine rings is 1. The first kappa shape index (κ1) is 19.3. The number of fused-ring (bicyclic) bond motifs is 1. The summed E-state index contributed by atoms with van der Waals surface area (Å²) >= 11 is 0. The first-order chi connectivity index (χ1) is 13.1. The highest BCUT2D eigenvalue weighted by molar-refractivity contribution is 6.03. The lowest BCUT2D eigenvalue weighted by molar-refractivity contribution is -0.382. The third-order valence-corrected chi connectivity index (χ3v) is 4.03. The van der Waals surface area contributed by atoms with Gasteiger partial charge in [0.1, 0.15) is 11.1 Å². The van der Waals surface area contributed by atoms with Crippen molar-refractivity contribution in [3.63, 3.8) is 0 Å². The van der Waals surface area contributed by atoms with E-state index in [1.165, 1.54) is 18.3 Å². The monoisotopic (exact) mass is 383 g/mol. The van der Waals surface area contributed by atoms with Crippen molar-refractivity contribution in [1.82, 2.24) is 14.5 Å². The van der Waals surface area contributed by atoms with Crippen LogP contribution in [0.5, 0.6) is 0 Å². The molecule has 0 saturated carbocycles. The molecule has 9 nitrogen and oxygen atoms in total. The number of anilines is 1. The Bertz CT molecular complexity index is 1050. The number of ether oxygens (including phenoxy) is 1. The maximum atomic E-state index is 12.6. The van der Waals surface area contributed by atoms with Crippen molar-refractivity contribution in [3.05, 3.63) is 46.8 Å². The van der Waals surface area contributed by atoms with Gasteiger partial charge in [-0.2, -0.15) is 0 Å². The summed E-state index contributed by atoms with van der Waals surface area (Å²) in [4.78, 5) is 33.9. The fraction of sp³-hybridized carbons (Fsp3) is 0.316. The number of carbonyl (C=O) groups is 1. The normalized spacial score (nSPS) is 11.5. The molecule has 0 aliphatic rings. The fourth-order valence-electron chi connectivity index (χ4n) is 2.82. The van der Waals surface area contributed by atoms with E-state index in [1.807, 2.05) is 6.07 Å². The molecule has 2 heterocycles. The third-order valence-electron chi connectivity index (χ3n) is 4.03. The third kappa shape index (κ3) is 3.51. The second kappa shape index (κ2) is 6.91. The number of hydrogen-bond donors (Lipinski definition) is 0. The van der Waals surface area contributed by atoms with Crippen LogP contribution in [0.3, 0.4) is 0 Å². The average molecular weight is 383 g/mol. The first-order valence-corrected chi connectivity index (χ1v) is 8.61. The molecule has 0 unspecified atom stereocenters. The smallest absolute Gasteiger partial charge is 0.415 e. The van der Waals surface area contributed by atoms with Crippen LogP contribution >= 0.6 is 0 Å². The topological polar surface area (TPSA) is 103 Å². The van der Waals surface area contributed by atoms with Crippen LogP contribution in [-0.2, 0) is 11.8 Å². The van der Waals surface area contributed by atoms with Gasteiger partial charge in [-0.1, -0.05) is 30.3 Å². The molecule has 2 aromatic heterocycles. The van der Waals surface area contributed by atoms with Crippen LogP contribution in [0.15, 0.2) is 36.7 Å². The molecule has 0 radical (unpaired) electrons. The number of imidazole rings is 1. The summed E-state index contributed by atoms with van der Waals surface area (Å²) in [6, 6.07) is 8.81. The molecule has 28 heavy (non-hydrogen) atoms. The first-order valence-electron chi connectivity index (χ1n) is 8.61. The molecule has 0 N–H and O–H groups in total. The van der Waals surface area contributed by atoms with Gasteiger partial charge < -0.3 is 9.30 Å². The summed E-state index contributed by atoms with van der Waals surface area (Å²) in [5.74, 6) is 0.189. The maximum Gasteiger partial charge on any atom is 0.415 e.